The maximum absolute atomic E-state index is 4.38. The van der Waals surface area contributed by atoms with Crippen LogP contribution in [-0.2, 0) is 0 Å². The molecule has 74 valence electrons. The molecule has 1 aliphatic rings. The van der Waals surface area contributed by atoms with Crippen molar-refractivity contribution < 1.29 is 0 Å². The topological polar surface area (TPSA) is 29.0 Å². The van der Waals surface area contributed by atoms with Crippen LogP contribution in [0.25, 0.3) is 0 Å². The molecule has 1 fully saturated rings. The second-order valence-corrected chi connectivity index (χ2v) is 4.04. The summed E-state index contributed by atoms with van der Waals surface area (Å²) in [6.45, 7) is 5.35. The Morgan fingerprint density at radius 2 is 2.31 bits per heavy atom. The summed E-state index contributed by atoms with van der Waals surface area (Å²) in [4.78, 5) is 6.73. The Hall–Kier alpha value is -0.350. The molecule has 1 aromatic rings. The molecule has 0 saturated carbocycles. The van der Waals surface area contributed by atoms with Gasteiger partial charge in [0.1, 0.15) is 5.82 Å². The highest BCUT2D eigenvalue weighted by molar-refractivity contribution is 7.09. The first-order chi connectivity index (χ1) is 5.77. The average molecular weight is 220 g/mol. The van der Waals surface area contributed by atoms with Gasteiger partial charge in [-0.15, -0.1) is 12.4 Å². The Bertz CT molecular complexity index is 276. The number of hydrogen-bond acceptors (Lipinski definition) is 4. The van der Waals surface area contributed by atoms with Gasteiger partial charge in [0.2, 0.25) is 5.13 Å². The van der Waals surface area contributed by atoms with E-state index in [1.807, 2.05) is 6.92 Å². The van der Waals surface area contributed by atoms with Crippen LogP contribution >= 0.6 is 23.9 Å². The summed E-state index contributed by atoms with van der Waals surface area (Å²) in [7, 11) is 0. The Morgan fingerprint density at radius 3 is 2.77 bits per heavy atom. The zero-order valence-corrected chi connectivity index (χ0v) is 9.49. The molecule has 0 radical (unpaired) electrons. The predicted molar refractivity (Wildman–Crippen MR) is 57.9 cm³/mol. The summed E-state index contributed by atoms with van der Waals surface area (Å²) in [5.74, 6) is 0.897. The van der Waals surface area contributed by atoms with Crippen molar-refractivity contribution in [2.45, 2.75) is 32.7 Å². The van der Waals surface area contributed by atoms with Crippen molar-refractivity contribution in [2.24, 2.45) is 0 Å². The summed E-state index contributed by atoms with van der Waals surface area (Å²) in [6.07, 6.45) is 2.58. The molecule has 1 saturated heterocycles. The molecule has 0 aromatic carbocycles. The molecule has 1 aliphatic heterocycles. The van der Waals surface area contributed by atoms with E-state index in [0.717, 1.165) is 17.5 Å². The Morgan fingerprint density at radius 1 is 1.54 bits per heavy atom. The number of rotatable bonds is 1. The molecule has 3 nitrogen and oxygen atoms in total. The first-order valence-corrected chi connectivity index (χ1v) is 5.11. The molecule has 1 unspecified atom stereocenters. The van der Waals surface area contributed by atoms with Crippen LogP contribution in [0.5, 0.6) is 0 Å². The highest BCUT2D eigenvalue weighted by atomic mass is 35.5. The molecule has 0 aliphatic carbocycles. The molecule has 5 heteroatoms. The van der Waals surface area contributed by atoms with E-state index in [-0.39, 0.29) is 12.4 Å². The van der Waals surface area contributed by atoms with Gasteiger partial charge >= 0.3 is 0 Å². The van der Waals surface area contributed by atoms with Crippen LogP contribution in [0, 0.1) is 6.92 Å². The molecular weight excluding hydrogens is 206 g/mol. The van der Waals surface area contributed by atoms with Gasteiger partial charge in [-0.05, 0) is 26.7 Å². The number of aryl methyl sites for hydroxylation is 1. The summed E-state index contributed by atoms with van der Waals surface area (Å²) >= 11 is 1.52. The molecule has 2 rings (SSSR count). The SMILES string of the molecule is Cc1nsc(N2CCCC2C)n1.Cl. The Labute approximate surface area is 88.7 Å². The standard InChI is InChI=1S/C8H13N3S.ClH/c1-6-4-3-5-11(6)8-9-7(2)10-12-8;/h6H,3-5H2,1-2H3;1H. The fourth-order valence-electron chi connectivity index (χ4n) is 1.62. The van der Waals surface area contributed by atoms with Crippen molar-refractivity contribution in [3.63, 3.8) is 0 Å². The van der Waals surface area contributed by atoms with E-state index in [0.29, 0.717) is 6.04 Å². The van der Waals surface area contributed by atoms with Crippen molar-refractivity contribution in [1.29, 1.82) is 0 Å². The maximum Gasteiger partial charge on any atom is 0.205 e. The fraction of sp³-hybridized carbons (Fsp3) is 0.750. The second-order valence-electron chi connectivity index (χ2n) is 3.31. The minimum atomic E-state index is 0. The lowest BCUT2D eigenvalue weighted by atomic mass is 10.2. The van der Waals surface area contributed by atoms with Gasteiger partial charge in [0.05, 0.1) is 0 Å². The molecule has 0 amide bonds. The first-order valence-electron chi connectivity index (χ1n) is 4.34. The largest absolute Gasteiger partial charge is 0.344 e. The molecule has 0 N–H and O–H groups in total. The van der Waals surface area contributed by atoms with E-state index in [4.69, 9.17) is 0 Å². The normalized spacial score (nSPS) is 21.7. The molecular formula is C8H14ClN3S. The van der Waals surface area contributed by atoms with Crippen LogP contribution in [0.15, 0.2) is 0 Å². The van der Waals surface area contributed by atoms with E-state index in [9.17, 15) is 0 Å². The van der Waals surface area contributed by atoms with Crippen LogP contribution in [0.2, 0.25) is 0 Å². The predicted octanol–water partition coefficient (Wildman–Crippen LogP) is 2.26. The summed E-state index contributed by atoms with van der Waals surface area (Å²) in [6, 6.07) is 0.650. The lowest BCUT2D eigenvalue weighted by Crippen LogP contribution is -2.25. The van der Waals surface area contributed by atoms with Gasteiger partial charge < -0.3 is 4.90 Å². The molecule has 0 spiro atoms. The van der Waals surface area contributed by atoms with Crippen LogP contribution in [0.4, 0.5) is 5.13 Å². The third-order valence-corrected chi connectivity index (χ3v) is 3.16. The monoisotopic (exact) mass is 219 g/mol. The van der Waals surface area contributed by atoms with Gasteiger partial charge in [-0.1, -0.05) is 0 Å². The van der Waals surface area contributed by atoms with E-state index >= 15 is 0 Å². The van der Waals surface area contributed by atoms with Crippen molar-refractivity contribution in [3.8, 4) is 0 Å². The second kappa shape index (κ2) is 4.24. The number of halogens is 1. The minimum Gasteiger partial charge on any atom is -0.344 e. The van der Waals surface area contributed by atoms with Crippen LogP contribution in [-0.4, -0.2) is 21.9 Å². The molecule has 1 atom stereocenters. The molecule has 0 bridgehead atoms. The molecule has 1 aromatic heterocycles. The zero-order valence-electron chi connectivity index (χ0n) is 7.86. The van der Waals surface area contributed by atoms with Crippen molar-refractivity contribution in [1.82, 2.24) is 9.36 Å². The highest BCUT2D eigenvalue weighted by Crippen LogP contribution is 2.26. The quantitative estimate of drug-likeness (QED) is 0.726. The van der Waals surface area contributed by atoms with Crippen LogP contribution in [0.3, 0.4) is 0 Å². The minimum absolute atomic E-state index is 0. The van der Waals surface area contributed by atoms with Crippen LogP contribution in [0.1, 0.15) is 25.6 Å². The van der Waals surface area contributed by atoms with E-state index in [2.05, 4.69) is 21.2 Å². The van der Waals surface area contributed by atoms with Crippen molar-refractivity contribution in [3.05, 3.63) is 5.82 Å². The third kappa shape index (κ3) is 2.11. The van der Waals surface area contributed by atoms with E-state index < -0.39 is 0 Å². The van der Waals surface area contributed by atoms with Gasteiger partial charge in [-0.25, -0.2) is 4.98 Å². The fourth-order valence-corrected chi connectivity index (χ4v) is 2.42. The van der Waals surface area contributed by atoms with Gasteiger partial charge in [0, 0.05) is 24.1 Å². The number of nitrogens with zero attached hydrogens (tertiary/aromatic N) is 3. The molecule has 2 heterocycles. The highest BCUT2D eigenvalue weighted by Gasteiger charge is 2.22. The number of hydrogen-bond donors (Lipinski definition) is 0. The van der Waals surface area contributed by atoms with E-state index in [1.54, 1.807) is 0 Å². The number of aromatic nitrogens is 2. The van der Waals surface area contributed by atoms with Gasteiger partial charge in [0.15, 0.2) is 0 Å². The average Bonchev–Trinajstić information content (AvgIpc) is 2.58. The first kappa shape index (κ1) is 10.7. The lowest BCUT2D eigenvalue weighted by Gasteiger charge is -2.18. The smallest absolute Gasteiger partial charge is 0.205 e. The zero-order chi connectivity index (χ0) is 8.55. The summed E-state index contributed by atoms with van der Waals surface area (Å²) in [5.41, 5.74) is 0. The van der Waals surface area contributed by atoms with Gasteiger partial charge in [-0.2, -0.15) is 4.37 Å². The van der Waals surface area contributed by atoms with Gasteiger partial charge in [0.25, 0.3) is 0 Å². The third-order valence-electron chi connectivity index (χ3n) is 2.32. The summed E-state index contributed by atoms with van der Waals surface area (Å²) < 4.78 is 4.18. The Balaban J connectivity index is 0.000000845. The van der Waals surface area contributed by atoms with Crippen molar-refractivity contribution >= 4 is 29.1 Å². The molecule has 13 heavy (non-hydrogen) atoms. The van der Waals surface area contributed by atoms with Crippen LogP contribution < -0.4 is 4.90 Å². The number of anilines is 1. The lowest BCUT2D eigenvalue weighted by molar-refractivity contribution is 0.732. The summed E-state index contributed by atoms with van der Waals surface area (Å²) in [5, 5.41) is 1.09. The maximum atomic E-state index is 4.38. The Kier molecular flexibility index (Phi) is 3.50. The van der Waals surface area contributed by atoms with Gasteiger partial charge in [-0.3, -0.25) is 0 Å². The van der Waals surface area contributed by atoms with Crippen molar-refractivity contribution in [2.75, 3.05) is 11.4 Å². The van der Waals surface area contributed by atoms with E-state index in [1.165, 1.54) is 24.4 Å².